The minimum absolute atomic E-state index is 0.324. The van der Waals surface area contributed by atoms with Gasteiger partial charge in [0.2, 0.25) is 0 Å². The lowest BCUT2D eigenvalue weighted by Crippen LogP contribution is -2.07. The number of carbonyl (C=O) groups is 1. The van der Waals surface area contributed by atoms with Crippen molar-refractivity contribution in [1.29, 1.82) is 0 Å². The minimum atomic E-state index is -0.395. The van der Waals surface area contributed by atoms with E-state index in [1.165, 1.54) is 0 Å². The van der Waals surface area contributed by atoms with Crippen LogP contribution in [0.15, 0.2) is 60.7 Å². The van der Waals surface area contributed by atoms with Gasteiger partial charge >= 0.3 is 5.97 Å². The Morgan fingerprint density at radius 1 is 1.08 bits per heavy atom. The number of esters is 1. The van der Waals surface area contributed by atoms with Crippen LogP contribution in [0.2, 0.25) is 0 Å². The lowest BCUT2D eigenvalue weighted by molar-refractivity contribution is 0.0518. The number of hydrogen-bond acceptors (Lipinski definition) is 3. The minimum Gasteiger partial charge on any atom is -0.461 e. The monoisotopic (exact) mass is 346 g/mol. The molecular weight excluding hydrogens is 324 g/mol. The molecule has 0 unspecified atom stereocenters. The van der Waals surface area contributed by atoms with E-state index in [1.54, 1.807) is 6.92 Å². The molecule has 132 valence electrons. The first-order valence-corrected chi connectivity index (χ1v) is 8.67. The summed E-state index contributed by atoms with van der Waals surface area (Å²) >= 11 is 0. The average Bonchev–Trinajstić information content (AvgIpc) is 3.01. The Kier molecular flexibility index (Phi) is 5.32. The number of rotatable bonds is 5. The van der Waals surface area contributed by atoms with Crippen molar-refractivity contribution in [2.75, 3.05) is 6.61 Å². The quantitative estimate of drug-likeness (QED) is 0.616. The first kappa shape index (κ1) is 17.7. The fourth-order valence-corrected chi connectivity index (χ4v) is 2.98. The summed E-state index contributed by atoms with van der Waals surface area (Å²) in [6.45, 7) is 6.06. The maximum atomic E-state index is 12.3. The van der Waals surface area contributed by atoms with Crippen molar-refractivity contribution < 1.29 is 9.53 Å². The van der Waals surface area contributed by atoms with Gasteiger partial charge in [0.15, 0.2) is 5.69 Å². The van der Waals surface area contributed by atoms with Crippen molar-refractivity contribution in [2.24, 2.45) is 0 Å². The van der Waals surface area contributed by atoms with Crippen LogP contribution in [-0.4, -0.2) is 22.4 Å². The van der Waals surface area contributed by atoms with E-state index < -0.39 is 5.97 Å². The van der Waals surface area contributed by atoms with Gasteiger partial charge in [-0.15, -0.1) is 0 Å². The van der Waals surface area contributed by atoms with Crippen LogP contribution in [0.25, 0.3) is 17.3 Å². The van der Waals surface area contributed by atoms with Crippen molar-refractivity contribution in [1.82, 2.24) is 9.78 Å². The summed E-state index contributed by atoms with van der Waals surface area (Å²) in [4.78, 5) is 12.3. The van der Waals surface area contributed by atoms with E-state index in [2.05, 4.69) is 11.2 Å². The molecule has 26 heavy (non-hydrogen) atoms. The molecule has 0 amide bonds. The zero-order chi connectivity index (χ0) is 18.5. The number of para-hydroxylation sites is 1. The molecule has 0 spiro atoms. The number of carbonyl (C=O) groups excluding carboxylic acids is 1. The molecule has 0 N–H and O–H groups in total. The molecule has 0 fully saturated rings. The Morgan fingerprint density at radius 2 is 1.69 bits per heavy atom. The van der Waals surface area contributed by atoms with Crippen LogP contribution in [-0.2, 0) is 4.74 Å². The molecule has 4 nitrogen and oxygen atoms in total. The molecule has 0 saturated carbocycles. The summed E-state index contributed by atoms with van der Waals surface area (Å²) in [6.07, 6.45) is 2.10. The van der Waals surface area contributed by atoms with Gasteiger partial charge in [-0.05, 0) is 50.1 Å². The van der Waals surface area contributed by atoms with E-state index >= 15 is 0 Å². The Hall–Kier alpha value is -3.14. The van der Waals surface area contributed by atoms with E-state index in [4.69, 9.17) is 4.74 Å². The van der Waals surface area contributed by atoms with Crippen LogP contribution in [0.4, 0.5) is 0 Å². The lowest BCUT2D eigenvalue weighted by Gasteiger charge is -2.09. The summed E-state index contributed by atoms with van der Waals surface area (Å²) < 4.78 is 6.99. The van der Waals surface area contributed by atoms with Crippen LogP contribution in [0.1, 0.15) is 41.2 Å². The summed E-state index contributed by atoms with van der Waals surface area (Å²) in [5.74, 6) is -0.395. The summed E-state index contributed by atoms with van der Waals surface area (Å²) in [6, 6.07) is 19.9. The van der Waals surface area contributed by atoms with Crippen LogP contribution in [0.3, 0.4) is 0 Å². The number of benzene rings is 2. The molecule has 0 radical (unpaired) electrons. The first-order chi connectivity index (χ1) is 12.6. The predicted octanol–water partition coefficient (Wildman–Crippen LogP) is 4.92. The molecule has 4 heteroatoms. The highest BCUT2D eigenvalue weighted by atomic mass is 16.5. The van der Waals surface area contributed by atoms with Gasteiger partial charge in [-0.25, -0.2) is 9.48 Å². The molecule has 0 aliphatic rings. The normalized spacial score (nSPS) is 11.4. The zero-order valence-corrected chi connectivity index (χ0v) is 15.3. The number of hydrogen-bond donors (Lipinski definition) is 0. The molecule has 2 aromatic carbocycles. The molecule has 0 aliphatic carbocycles. The van der Waals surface area contributed by atoms with Crippen molar-refractivity contribution in [3.63, 3.8) is 0 Å². The largest absolute Gasteiger partial charge is 0.461 e. The summed E-state index contributed by atoms with van der Waals surface area (Å²) in [7, 11) is 0. The summed E-state index contributed by atoms with van der Waals surface area (Å²) in [5.41, 5.74) is 5.11. The van der Waals surface area contributed by atoms with Gasteiger partial charge in [0.1, 0.15) is 0 Å². The Bertz CT molecular complexity index is 926. The van der Waals surface area contributed by atoms with Crippen LogP contribution in [0.5, 0.6) is 0 Å². The van der Waals surface area contributed by atoms with E-state index in [1.807, 2.05) is 79.2 Å². The standard InChI is InChI=1S/C22H22N2O2/c1-4-26-22(25)20-17(3)21(16(2)15-18-11-7-5-8-12-18)24(23-20)19-13-9-6-10-14-19/h5-15H,4H2,1-3H3/b16-15+. The fourth-order valence-electron chi connectivity index (χ4n) is 2.98. The molecular formula is C22H22N2O2. The summed E-state index contributed by atoms with van der Waals surface area (Å²) in [5, 5.41) is 4.56. The molecule has 1 heterocycles. The van der Waals surface area contributed by atoms with Crippen molar-refractivity contribution in [3.8, 4) is 5.69 Å². The Morgan fingerprint density at radius 3 is 2.31 bits per heavy atom. The second kappa shape index (κ2) is 7.83. The fraction of sp³-hybridized carbons (Fsp3) is 0.182. The second-order valence-electron chi connectivity index (χ2n) is 6.03. The van der Waals surface area contributed by atoms with Crippen LogP contribution < -0.4 is 0 Å². The van der Waals surface area contributed by atoms with Gasteiger partial charge in [-0.3, -0.25) is 0 Å². The van der Waals surface area contributed by atoms with E-state index in [9.17, 15) is 4.79 Å². The van der Waals surface area contributed by atoms with Gasteiger partial charge in [-0.1, -0.05) is 48.5 Å². The van der Waals surface area contributed by atoms with Gasteiger partial charge < -0.3 is 4.74 Å². The highest BCUT2D eigenvalue weighted by molar-refractivity contribution is 5.92. The second-order valence-corrected chi connectivity index (χ2v) is 6.03. The van der Waals surface area contributed by atoms with E-state index in [0.29, 0.717) is 12.3 Å². The first-order valence-electron chi connectivity index (χ1n) is 8.67. The topological polar surface area (TPSA) is 44.1 Å². The zero-order valence-electron chi connectivity index (χ0n) is 15.3. The molecule has 0 bridgehead atoms. The highest BCUT2D eigenvalue weighted by Crippen LogP contribution is 2.27. The Labute approximate surface area is 153 Å². The van der Waals surface area contributed by atoms with Gasteiger partial charge in [-0.2, -0.15) is 5.10 Å². The Balaban J connectivity index is 2.16. The third-order valence-corrected chi connectivity index (χ3v) is 4.15. The van der Waals surface area contributed by atoms with Crippen molar-refractivity contribution in [3.05, 3.63) is 83.2 Å². The van der Waals surface area contributed by atoms with Crippen molar-refractivity contribution >= 4 is 17.6 Å². The number of ether oxygens (including phenoxy) is 1. The highest BCUT2D eigenvalue weighted by Gasteiger charge is 2.22. The lowest BCUT2D eigenvalue weighted by atomic mass is 10.0. The maximum absolute atomic E-state index is 12.3. The van der Waals surface area contributed by atoms with Crippen LogP contribution >= 0.6 is 0 Å². The molecule has 0 atom stereocenters. The number of aromatic nitrogens is 2. The van der Waals surface area contributed by atoms with Gasteiger partial charge in [0.25, 0.3) is 0 Å². The molecule has 0 saturated heterocycles. The third-order valence-electron chi connectivity index (χ3n) is 4.15. The number of allylic oxidation sites excluding steroid dienone is 1. The third kappa shape index (κ3) is 3.59. The van der Waals surface area contributed by atoms with Crippen molar-refractivity contribution in [2.45, 2.75) is 20.8 Å². The maximum Gasteiger partial charge on any atom is 0.359 e. The smallest absolute Gasteiger partial charge is 0.359 e. The average molecular weight is 346 g/mol. The van der Waals surface area contributed by atoms with E-state index in [-0.39, 0.29) is 0 Å². The predicted molar refractivity (Wildman–Crippen MR) is 104 cm³/mol. The van der Waals surface area contributed by atoms with Crippen LogP contribution in [0, 0.1) is 6.92 Å². The molecule has 0 aliphatic heterocycles. The van der Waals surface area contributed by atoms with Gasteiger partial charge in [0.05, 0.1) is 18.0 Å². The molecule has 1 aromatic heterocycles. The van der Waals surface area contributed by atoms with E-state index in [0.717, 1.165) is 28.1 Å². The number of nitrogens with zero attached hydrogens (tertiary/aromatic N) is 2. The molecule has 3 aromatic rings. The van der Waals surface area contributed by atoms with Gasteiger partial charge in [0, 0.05) is 5.56 Å². The SMILES string of the molecule is CCOC(=O)c1nn(-c2ccccc2)c(/C(C)=C/c2ccccc2)c1C. The molecule has 3 rings (SSSR count).